The monoisotopic (exact) mass is 340 g/mol. The van der Waals surface area contributed by atoms with Gasteiger partial charge in [-0.15, -0.1) is 10.2 Å². The van der Waals surface area contributed by atoms with Crippen LogP contribution in [0.2, 0.25) is 0 Å². The number of nitrogens with one attached hydrogen (secondary N) is 1. The first-order valence-electron chi connectivity index (χ1n) is 7.36. The molecule has 0 aliphatic heterocycles. The molecule has 1 N–H and O–H groups in total. The van der Waals surface area contributed by atoms with E-state index in [1.165, 1.54) is 11.8 Å². The van der Waals surface area contributed by atoms with Crippen LogP contribution in [0.5, 0.6) is 0 Å². The van der Waals surface area contributed by atoms with Gasteiger partial charge in [0, 0.05) is 23.6 Å². The van der Waals surface area contributed by atoms with Gasteiger partial charge in [-0.2, -0.15) is 0 Å². The van der Waals surface area contributed by atoms with Crippen molar-refractivity contribution in [1.82, 2.24) is 15.2 Å². The highest BCUT2D eigenvalue weighted by Gasteiger charge is 2.12. The highest BCUT2D eigenvalue weighted by molar-refractivity contribution is 7.99. The summed E-state index contributed by atoms with van der Waals surface area (Å²) in [6, 6.07) is 9.48. The topological polar surface area (TPSA) is 80.9 Å². The molecule has 0 saturated heterocycles. The third kappa shape index (κ3) is 3.80. The van der Waals surface area contributed by atoms with Crippen molar-refractivity contribution in [3.63, 3.8) is 0 Å². The van der Waals surface area contributed by atoms with Gasteiger partial charge in [0.2, 0.25) is 11.8 Å². The third-order valence-electron chi connectivity index (χ3n) is 3.41. The molecule has 0 radical (unpaired) electrons. The van der Waals surface area contributed by atoms with E-state index < -0.39 is 0 Å². The fraction of sp³-hybridized carbons (Fsp3) is 0.176. The van der Waals surface area contributed by atoms with Crippen molar-refractivity contribution in [2.24, 2.45) is 0 Å². The Balaban J connectivity index is 1.60. The summed E-state index contributed by atoms with van der Waals surface area (Å²) in [5, 5.41) is 11.2. The summed E-state index contributed by atoms with van der Waals surface area (Å²) in [5.74, 6) is 0.502. The molecular formula is C17H16N4O2S. The Hall–Kier alpha value is -2.67. The fourth-order valence-electron chi connectivity index (χ4n) is 2.19. The Kier molecular flexibility index (Phi) is 4.90. The number of para-hydroxylation sites is 1. The molecule has 7 heteroatoms. The molecular weight excluding hydrogens is 324 g/mol. The Bertz CT molecular complexity index is 829. The number of pyridine rings is 1. The molecule has 0 bridgehead atoms. The number of hydrogen-bond acceptors (Lipinski definition) is 6. The first-order chi connectivity index (χ1) is 11.6. The Morgan fingerprint density at radius 1 is 1.12 bits per heavy atom. The summed E-state index contributed by atoms with van der Waals surface area (Å²) >= 11 is 1.21. The minimum Gasteiger partial charge on any atom is -0.411 e. The second-order valence-electron chi connectivity index (χ2n) is 5.21. The number of carbonyl (C=O) groups is 1. The predicted octanol–water partition coefficient (Wildman–Crippen LogP) is 3.48. The van der Waals surface area contributed by atoms with E-state index in [-0.39, 0.29) is 11.7 Å². The van der Waals surface area contributed by atoms with Gasteiger partial charge < -0.3 is 9.73 Å². The molecule has 6 nitrogen and oxygen atoms in total. The SMILES string of the molecule is Cc1cccc(C)c1NC(=O)CSc1nnc(-c2ccncc2)o1. The molecule has 0 aliphatic rings. The van der Waals surface area contributed by atoms with Crippen LogP contribution in [0.1, 0.15) is 11.1 Å². The molecule has 0 fully saturated rings. The van der Waals surface area contributed by atoms with Crippen molar-refractivity contribution >= 4 is 23.4 Å². The predicted molar refractivity (Wildman–Crippen MR) is 92.8 cm³/mol. The number of amides is 1. The Morgan fingerprint density at radius 2 is 1.83 bits per heavy atom. The zero-order valence-electron chi connectivity index (χ0n) is 13.3. The molecule has 0 unspecified atom stereocenters. The second kappa shape index (κ2) is 7.27. The molecule has 3 aromatic rings. The van der Waals surface area contributed by atoms with E-state index in [0.29, 0.717) is 11.1 Å². The molecule has 0 spiro atoms. The maximum absolute atomic E-state index is 12.1. The lowest BCUT2D eigenvalue weighted by Crippen LogP contribution is -2.15. The van der Waals surface area contributed by atoms with E-state index in [0.717, 1.165) is 22.4 Å². The highest BCUT2D eigenvalue weighted by Crippen LogP contribution is 2.24. The smallest absolute Gasteiger partial charge is 0.277 e. The van der Waals surface area contributed by atoms with Crippen LogP contribution in [-0.4, -0.2) is 26.8 Å². The van der Waals surface area contributed by atoms with E-state index >= 15 is 0 Å². The molecule has 2 heterocycles. The minimum atomic E-state index is -0.110. The molecule has 2 aromatic heterocycles. The first kappa shape index (κ1) is 16.2. The number of aryl methyl sites for hydroxylation is 2. The number of thioether (sulfide) groups is 1. The van der Waals surface area contributed by atoms with E-state index in [1.807, 2.05) is 32.0 Å². The van der Waals surface area contributed by atoms with Gasteiger partial charge in [-0.3, -0.25) is 9.78 Å². The average Bonchev–Trinajstić information content (AvgIpc) is 3.06. The summed E-state index contributed by atoms with van der Waals surface area (Å²) in [4.78, 5) is 16.1. The maximum atomic E-state index is 12.1. The van der Waals surface area contributed by atoms with Crippen molar-refractivity contribution in [2.45, 2.75) is 19.1 Å². The third-order valence-corrected chi connectivity index (χ3v) is 4.22. The number of carbonyl (C=O) groups excluding carboxylic acids is 1. The number of anilines is 1. The standard InChI is InChI=1S/C17H16N4O2S/c1-11-4-3-5-12(2)15(11)19-14(22)10-24-17-21-20-16(23-17)13-6-8-18-9-7-13/h3-9H,10H2,1-2H3,(H,19,22). The molecule has 0 saturated carbocycles. The minimum absolute atomic E-state index is 0.110. The van der Waals surface area contributed by atoms with Gasteiger partial charge in [0.25, 0.3) is 5.22 Å². The first-order valence-corrected chi connectivity index (χ1v) is 8.35. The van der Waals surface area contributed by atoms with Crippen LogP contribution in [-0.2, 0) is 4.79 Å². The van der Waals surface area contributed by atoms with Crippen molar-refractivity contribution in [3.05, 3.63) is 53.9 Å². The van der Waals surface area contributed by atoms with Gasteiger partial charge in [-0.1, -0.05) is 30.0 Å². The molecule has 1 amide bonds. The fourth-order valence-corrected chi connectivity index (χ4v) is 2.76. The molecule has 3 rings (SSSR count). The quantitative estimate of drug-likeness (QED) is 0.716. The normalized spacial score (nSPS) is 10.6. The molecule has 1 aromatic carbocycles. The van der Waals surface area contributed by atoms with Crippen LogP contribution in [0.15, 0.2) is 52.4 Å². The zero-order valence-corrected chi connectivity index (χ0v) is 14.1. The number of nitrogens with zero attached hydrogens (tertiary/aromatic N) is 3. The van der Waals surface area contributed by atoms with Gasteiger partial charge in [-0.25, -0.2) is 0 Å². The van der Waals surface area contributed by atoms with Crippen LogP contribution >= 0.6 is 11.8 Å². The van der Waals surface area contributed by atoms with Gasteiger partial charge in [0.15, 0.2) is 0 Å². The van der Waals surface area contributed by atoms with Crippen LogP contribution in [0.3, 0.4) is 0 Å². The molecule has 0 aliphatic carbocycles. The van der Waals surface area contributed by atoms with Gasteiger partial charge >= 0.3 is 0 Å². The van der Waals surface area contributed by atoms with E-state index in [1.54, 1.807) is 24.5 Å². The second-order valence-corrected chi connectivity index (χ2v) is 6.14. The highest BCUT2D eigenvalue weighted by atomic mass is 32.2. The molecule has 122 valence electrons. The van der Waals surface area contributed by atoms with Crippen LogP contribution in [0, 0.1) is 13.8 Å². The summed E-state index contributed by atoms with van der Waals surface area (Å²) in [6.07, 6.45) is 3.31. The molecule has 24 heavy (non-hydrogen) atoms. The number of hydrogen-bond donors (Lipinski definition) is 1. The van der Waals surface area contributed by atoms with Gasteiger partial charge in [0.05, 0.1) is 5.75 Å². The summed E-state index contributed by atoms with van der Waals surface area (Å²) in [7, 11) is 0. The Labute approximate surface area is 143 Å². The van der Waals surface area contributed by atoms with Gasteiger partial charge in [-0.05, 0) is 37.1 Å². The van der Waals surface area contributed by atoms with E-state index in [4.69, 9.17) is 4.42 Å². The lowest BCUT2D eigenvalue weighted by atomic mass is 10.1. The van der Waals surface area contributed by atoms with E-state index in [9.17, 15) is 4.79 Å². The number of aromatic nitrogens is 3. The number of benzene rings is 1. The number of rotatable bonds is 5. The van der Waals surface area contributed by atoms with Crippen LogP contribution in [0.4, 0.5) is 5.69 Å². The maximum Gasteiger partial charge on any atom is 0.277 e. The van der Waals surface area contributed by atoms with Gasteiger partial charge in [0.1, 0.15) is 0 Å². The Morgan fingerprint density at radius 3 is 2.54 bits per heavy atom. The van der Waals surface area contributed by atoms with Crippen molar-refractivity contribution < 1.29 is 9.21 Å². The molecule has 0 atom stereocenters. The van der Waals surface area contributed by atoms with Crippen molar-refractivity contribution in [2.75, 3.05) is 11.1 Å². The van der Waals surface area contributed by atoms with Crippen molar-refractivity contribution in [3.8, 4) is 11.5 Å². The summed E-state index contributed by atoms with van der Waals surface area (Å²) in [5.41, 5.74) is 3.72. The van der Waals surface area contributed by atoms with Crippen LogP contribution in [0.25, 0.3) is 11.5 Å². The lowest BCUT2D eigenvalue weighted by Gasteiger charge is -2.10. The average molecular weight is 340 g/mol. The van der Waals surface area contributed by atoms with Crippen LogP contribution < -0.4 is 5.32 Å². The van der Waals surface area contributed by atoms with E-state index in [2.05, 4.69) is 20.5 Å². The largest absolute Gasteiger partial charge is 0.411 e. The zero-order chi connectivity index (χ0) is 16.9. The van der Waals surface area contributed by atoms with Crippen molar-refractivity contribution in [1.29, 1.82) is 0 Å². The lowest BCUT2D eigenvalue weighted by molar-refractivity contribution is -0.113. The summed E-state index contributed by atoms with van der Waals surface area (Å²) < 4.78 is 5.55. The summed E-state index contributed by atoms with van der Waals surface area (Å²) in [6.45, 7) is 3.93.